The van der Waals surface area contributed by atoms with Gasteiger partial charge in [0, 0.05) is 38.8 Å². The minimum Gasteiger partial charge on any atom is -0.378 e. The molecule has 0 bridgehead atoms. The number of hydrogen-bond acceptors (Lipinski definition) is 9. The quantitative estimate of drug-likeness (QED) is 0.0562. The van der Waals surface area contributed by atoms with E-state index in [9.17, 15) is 19.2 Å². The first kappa shape index (κ1) is 34.6. The molecular formula is C25H47N5O7. The lowest BCUT2D eigenvalue weighted by Gasteiger charge is -2.34. The maximum atomic E-state index is 12.7. The Morgan fingerprint density at radius 1 is 0.730 bits per heavy atom. The fourth-order valence-electron chi connectivity index (χ4n) is 3.10. The third-order valence-corrected chi connectivity index (χ3v) is 5.08. The standard InChI is InChI=1S/C25H47N5O7/c1-2-3-4-8-24(34)30-25(19-35-16-7-15-31,20-36-17-9-22(32)28-13-5-11-26)21-37-18-10-23(33)29-14-6-12-27/h2,15H,1,3-14,16-21,26-27H2,(H,28,32)(H,29,33)(H,30,34). The highest BCUT2D eigenvalue weighted by molar-refractivity contribution is 5.77. The summed E-state index contributed by atoms with van der Waals surface area (Å²) in [6.07, 6.45) is 5.95. The molecule has 0 atom stereocenters. The molecule has 0 aliphatic carbocycles. The molecule has 0 aromatic carbocycles. The molecule has 0 saturated carbocycles. The van der Waals surface area contributed by atoms with Gasteiger partial charge in [0.25, 0.3) is 0 Å². The maximum Gasteiger partial charge on any atom is 0.222 e. The summed E-state index contributed by atoms with van der Waals surface area (Å²) >= 11 is 0. The summed E-state index contributed by atoms with van der Waals surface area (Å²) in [6.45, 7) is 6.12. The first-order valence-corrected chi connectivity index (χ1v) is 12.9. The van der Waals surface area contributed by atoms with Gasteiger partial charge in [-0.25, -0.2) is 0 Å². The Morgan fingerprint density at radius 3 is 1.70 bits per heavy atom. The van der Waals surface area contributed by atoms with E-state index in [4.69, 9.17) is 25.7 Å². The van der Waals surface area contributed by atoms with E-state index in [1.807, 2.05) is 0 Å². The Bertz CT molecular complexity index is 619. The third kappa shape index (κ3) is 20.4. The molecule has 12 heteroatoms. The molecule has 0 radical (unpaired) electrons. The molecule has 37 heavy (non-hydrogen) atoms. The van der Waals surface area contributed by atoms with Gasteiger partial charge in [0.2, 0.25) is 17.7 Å². The largest absolute Gasteiger partial charge is 0.378 e. The van der Waals surface area contributed by atoms with Crippen molar-refractivity contribution in [3.63, 3.8) is 0 Å². The van der Waals surface area contributed by atoms with Gasteiger partial charge in [0.1, 0.15) is 11.8 Å². The molecule has 0 spiro atoms. The van der Waals surface area contributed by atoms with Gasteiger partial charge in [-0.2, -0.15) is 0 Å². The van der Waals surface area contributed by atoms with Crippen LogP contribution in [0.3, 0.4) is 0 Å². The summed E-state index contributed by atoms with van der Waals surface area (Å²) in [4.78, 5) is 47.3. The number of unbranched alkanes of at least 4 members (excludes halogenated alkanes) is 1. The van der Waals surface area contributed by atoms with Crippen molar-refractivity contribution in [2.75, 3.05) is 65.8 Å². The van der Waals surface area contributed by atoms with E-state index >= 15 is 0 Å². The molecule has 7 N–H and O–H groups in total. The predicted octanol–water partition coefficient (Wildman–Crippen LogP) is -0.453. The van der Waals surface area contributed by atoms with Crippen LogP contribution in [0, 0.1) is 0 Å². The fraction of sp³-hybridized carbons (Fsp3) is 0.760. The van der Waals surface area contributed by atoms with Crippen LogP contribution in [0.1, 0.15) is 51.4 Å². The number of allylic oxidation sites excluding steroid dienone is 1. The molecule has 214 valence electrons. The van der Waals surface area contributed by atoms with Gasteiger partial charge < -0.3 is 46.4 Å². The zero-order valence-electron chi connectivity index (χ0n) is 22.1. The van der Waals surface area contributed by atoms with Gasteiger partial charge in [-0.3, -0.25) is 14.4 Å². The zero-order valence-corrected chi connectivity index (χ0v) is 22.1. The van der Waals surface area contributed by atoms with Gasteiger partial charge in [-0.15, -0.1) is 6.58 Å². The number of nitrogens with one attached hydrogen (secondary N) is 3. The molecule has 0 heterocycles. The van der Waals surface area contributed by atoms with Crippen molar-refractivity contribution >= 4 is 24.0 Å². The Kier molecular flexibility index (Phi) is 22.4. The van der Waals surface area contributed by atoms with E-state index < -0.39 is 5.54 Å². The van der Waals surface area contributed by atoms with Crippen LogP contribution in [0.4, 0.5) is 0 Å². The number of carbonyl (C=O) groups excluding carboxylic acids is 4. The fourth-order valence-corrected chi connectivity index (χ4v) is 3.10. The van der Waals surface area contributed by atoms with Crippen molar-refractivity contribution < 1.29 is 33.4 Å². The van der Waals surface area contributed by atoms with Gasteiger partial charge >= 0.3 is 0 Å². The van der Waals surface area contributed by atoms with Crippen molar-refractivity contribution in [2.24, 2.45) is 11.5 Å². The molecule has 3 amide bonds. The van der Waals surface area contributed by atoms with E-state index in [0.29, 0.717) is 51.9 Å². The normalized spacial score (nSPS) is 11.1. The van der Waals surface area contributed by atoms with Crippen LogP contribution in [0.2, 0.25) is 0 Å². The number of hydrogen-bond donors (Lipinski definition) is 5. The highest BCUT2D eigenvalue weighted by Crippen LogP contribution is 2.12. The topological polar surface area (TPSA) is 184 Å². The van der Waals surface area contributed by atoms with Gasteiger partial charge in [0.15, 0.2) is 0 Å². The van der Waals surface area contributed by atoms with Crippen LogP contribution in [0.15, 0.2) is 12.7 Å². The van der Waals surface area contributed by atoms with Crippen LogP contribution in [-0.2, 0) is 33.4 Å². The van der Waals surface area contributed by atoms with Gasteiger partial charge in [-0.05, 0) is 38.8 Å². The van der Waals surface area contributed by atoms with Crippen LogP contribution in [0.5, 0.6) is 0 Å². The molecule has 0 aromatic rings. The average molecular weight is 530 g/mol. The number of aldehydes is 1. The molecule has 0 saturated heterocycles. The Labute approximate surface area is 220 Å². The van der Waals surface area contributed by atoms with Crippen molar-refractivity contribution in [1.29, 1.82) is 0 Å². The summed E-state index contributed by atoms with van der Waals surface area (Å²) in [6, 6.07) is 0. The first-order chi connectivity index (χ1) is 17.9. The molecule has 0 aliphatic heterocycles. The molecule has 0 fully saturated rings. The van der Waals surface area contributed by atoms with Crippen molar-refractivity contribution in [2.45, 2.75) is 56.9 Å². The van der Waals surface area contributed by atoms with Gasteiger partial charge in [-0.1, -0.05) is 6.08 Å². The lowest BCUT2D eigenvalue weighted by atomic mass is 10.0. The lowest BCUT2D eigenvalue weighted by molar-refractivity contribution is -0.130. The smallest absolute Gasteiger partial charge is 0.222 e. The van der Waals surface area contributed by atoms with E-state index in [1.54, 1.807) is 6.08 Å². The zero-order chi connectivity index (χ0) is 27.6. The molecular weight excluding hydrogens is 482 g/mol. The number of nitrogens with two attached hydrogens (primary N) is 2. The van der Waals surface area contributed by atoms with Crippen LogP contribution >= 0.6 is 0 Å². The summed E-state index contributed by atoms with van der Waals surface area (Å²) in [5, 5.41) is 8.48. The Balaban J connectivity index is 5.10. The molecule has 0 aromatic heterocycles. The molecule has 12 nitrogen and oxygen atoms in total. The number of ether oxygens (including phenoxy) is 3. The average Bonchev–Trinajstić information content (AvgIpc) is 2.87. The minimum atomic E-state index is -1.07. The number of carbonyl (C=O) groups is 4. The van der Waals surface area contributed by atoms with Crippen LogP contribution in [-0.4, -0.2) is 95.4 Å². The van der Waals surface area contributed by atoms with E-state index in [-0.39, 0.29) is 83.0 Å². The van der Waals surface area contributed by atoms with E-state index in [1.165, 1.54) is 0 Å². The molecule has 0 rings (SSSR count). The first-order valence-electron chi connectivity index (χ1n) is 12.9. The lowest BCUT2D eigenvalue weighted by Crippen LogP contribution is -2.58. The predicted molar refractivity (Wildman–Crippen MR) is 141 cm³/mol. The summed E-state index contributed by atoms with van der Waals surface area (Å²) < 4.78 is 17.2. The van der Waals surface area contributed by atoms with E-state index in [2.05, 4.69) is 22.5 Å². The monoisotopic (exact) mass is 529 g/mol. The van der Waals surface area contributed by atoms with Crippen molar-refractivity contribution in [1.82, 2.24) is 16.0 Å². The Hall–Kier alpha value is -2.38. The second-order valence-corrected chi connectivity index (χ2v) is 8.61. The van der Waals surface area contributed by atoms with Crippen LogP contribution < -0.4 is 27.4 Å². The number of amides is 3. The van der Waals surface area contributed by atoms with Crippen molar-refractivity contribution in [3.05, 3.63) is 12.7 Å². The highest BCUT2D eigenvalue weighted by atomic mass is 16.5. The second kappa shape index (κ2) is 24.0. The summed E-state index contributed by atoms with van der Waals surface area (Å²) in [5.74, 6) is -0.537. The number of rotatable bonds is 26. The molecule has 0 unspecified atom stereocenters. The minimum absolute atomic E-state index is 0.0140. The van der Waals surface area contributed by atoms with Crippen molar-refractivity contribution in [3.8, 4) is 0 Å². The third-order valence-electron chi connectivity index (χ3n) is 5.08. The van der Waals surface area contributed by atoms with Gasteiger partial charge in [0.05, 0.1) is 39.6 Å². The summed E-state index contributed by atoms with van der Waals surface area (Å²) in [5.41, 5.74) is 9.79. The van der Waals surface area contributed by atoms with Crippen LogP contribution in [0.25, 0.3) is 0 Å². The molecule has 0 aliphatic rings. The highest BCUT2D eigenvalue weighted by Gasteiger charge is 2.33. The summed E-state index contributed by atoms with van der Waals surface area (Å²) in [7, 11) is 0. The second-order valence-electron chi connectivity index (χ2n) is 8.61. The Morgan fingerprint density at radius 2 is 1.24 bits per heavy atom. The maximum absolute atomic E-state index is 12.7. The van der Waals surface area contributed by atoms with E-state index in [0.717, 1.165) is 6.29 Å². The SMILES string of the molecule is C=CCCCC(=O)NC(COCCC=O)(COCCC(=O)NCCCN)COCCC(=O)NCCCN.